The molecule has 0 saturated heterocycles. The van der Waals surface area contributed by atoms with Crippen molar-refractivity contribution in [3.05, 3.63) is 6.92 Å². The Morgan fingerprint density at radius 1 is 0.700 bits per heavy atom. The number of ether oxygens (including phenoxy) is 3. The smallest absolute Gasteiger partial charge is 0.137 e. The van der Waals surface area contributed by atoms with E-state index in [1.165, 1.54) is 44.9 Å². The molecule has 1 N–H and O–H groups in total. The van der Waals surface area contributed by atoms with Gasteiger partial charge in [-0.05, 0) is 12.8 Å². The Labute approximate surface area is 209 Å². The van der Waals surface area contributed by atoms with E-state index in [2.05, 4.69) is 12.2 Å². The summed E-state index contributed by atoms with van der Waals surface area (Å²) in [7, 11) is 0. The molecular weight excluding hydrogens is 459 g/mol. The Balaban J connectivity index is 0. The molecule has 0 fully saturated rings. The zero-order valence-electron chi connectivity index (χ0n) is 19.4. The minimum absolute atomic E-state index is 0. The van der Waals surface area contributed by atoms with Gasteiger partial charge >= 0.3 is 0 Å². The molecule has 0 aromatic heterocycles. The Morgan fingerprint density at radius 3 is 1.63 bits per heavy atom. The second kappa shape index (κ2) is 25.3. The molecule has 1 amide bonds. The zero-order valence-corrected chi connectivity index (χ0v) is 22.3. The number of unbranched alkanes of at least 4 members (excludes halogenated alkanes) is 8. The van der Waals surface area contributed by atoms with Crippen LogP contribution in [0.1, 0.15) is 78.1 Å². The largest absolute Gasteiger partial charge is 0.381 e. The fourth-order valence-corrected chi connectivity index (χ4v) is 2.80. The number of ketones is 1. The van der Waals surface area contributed by atoms with E-state index in [0.29, 0.717) is 39.5 Å². The number of hydrogen-bond acceptors (Lipinski definition) is 5. The molecule has 1 radical (unpaired) electrons. The summed E-state index contributed by atoms with van der Waals surface area (Å²) in [5.74, 6) is 0.148. The summed E-state index contributed by atoms with van der Waals surface area (Å²) in [6.45, 7) is 11.4. The molecule has 0 aromatic rings. The number of rotatable bonds is 22. The minimum Gasteiger partial charge on any atom is -0.381 e. The van der Waals surface area contributed by atoms with E-state index < -0.39 is 0 Å². The third-order valence-corrected chi connectivity index (χ3v) is 4.67. The summed E-state index contributed by atoms with van der Waals surface area (Å²) >= 11 is 0. The second-order valence-electron chi connectivity index (χ2n) is 7.74. The van der Waals surface area contributed by atoms with Gasteiger partial charge in [-0.15, -0.1) is 0 Å². The van der Waals surface area contributed by atoms with Crippen LogP contribution in [-0.4, -0.2) is 57.9 Å². The quantitative estimate of drug-likeness (QED) is 0.178. The van der Waals surface area contributed by atoms with Crippen LogP contribution in [-0.2, 0) is 56.5 Å². The third kappa shape index (κ3) is 26.0. The van der Waals surface area contributed by atoms with Crippen molar-refractivity contribution < 1.29 is 56.5 Å². The van der Waals surface area contributed by atoms with Crippen molar-refractivity contribution in [2.75, 3.05) is 46.2 Å². The molecule has 0 unspecified atom stereocenters. The monoisotopic (exact) mass is 503 g/mol. The van der Waals surface area contributed by atoms with Gasteiger partial charge in [-0.2, -0.15) is 0 Å². The van der Waals surface area contributed by atoms with Crippen LogP contribution in [0.15, 0.2) is 0 Å². The van der Waals surface area contributed by atoms with Crippen LogP contribution in [0.3, 0.4) is 0 Å². The third-order valence-electron chi connectivity index (χ3n) is 4.67. The molecule has 0 saturated carbocycles. The molecule has 0 aliphatic heterocycles. The molecule has 0 aromatic carbocycles. The van der Waals surface area contributed by atoms with Crippen molar-refractivity contribution in [2.45, 2.75) is 78.1 Å². The zero-order chi connectivity index (χ0) is 21.6. The van der Waals surface area contributed by atoms with Crippen LogP contribution in [0.2, 0.25) is 0 Å². The van der Waals surface area contributed by atoms with E-state index in [0.717, 1.165) is 26.0 Å². The number of amides is 1. The van der Waals surface area contributed by atoms with E-state index in [1.54, 1.807) is 0 Å². The van der Waals surface area contributed by atoms with Crippen molar-refractivity contribution in [3.8, 4) is 0 Å². The molecule has 175 valence electrons. The van der Waals surface area contributed by atoms with E-state index in [1.807, 2.05) is 13.8 Å². The number of hydrogen-bond donors (Lipinski definition) is 1. The summed E-state index contributed by atoms with van der Waals surface area (Å²) < 4.78 is 16.4. The topological polar surface area (TPSA) is 73.9 Å². The fraction of sp³-hybridized carbons (Fsp3) is 0.870. The van der Waals surface area contributed by atoms with Gasteiger partial charge in [0.15, 0.2) is 0 Å². The van der Waals surface area contributed by atoms with Gasteiger partial charge in [-0.25, -0.2) is 0 Å². The number of Topliss-reactive ketones (excluding diaryl/α,β-unsaturated/α-hetero) is 1. The predicted octanol–water partition coefficient (Wildman–Crippen LogP) is 4.11. The summed E-state index contributed by atoms with van der Waals surface area (Å²) in [6, 6.07) is 0. The summed E-state index contributed by atoms with van der Waals surface area (Å²) in [5, 5.41) is 2.72. The van der Waals surface area contributed by atoms with Gasteiger partial charge < -0.3 is 31.2 Å². The standard InChI is InChI=1S/C23H44NO5.Y/c1-21(2)23(26)13-16-28-18-20-29-19-17-27-15-12-10-8-6-4-5-7-9-11-14-24-22(3)25;/h21H,3-20H2,1-2H3,(H,24,25);/q-1;. The van der Waals surface area contributed by atoms with Crippen LogP contribution in [0, 0.1) is 12.8 Å². The Bertz CT molecular complexity index is 394. The van der Waals surface area contributed by atoms with E-state index in [9.17, 15) is 9.59 Å². The summed E-state index contributed by atoms with van der Waals surface area (Å²) in [4.78, 5) is 22.0. The maximum absolute atomic E-state index is 11.4. The van der Waals surface area contributed by atoms with Crippen molar-refractivity contribution in [1.29, 1.82) is 0 Å². The summed E-state index contributed by atoms with van der Waals surface area (Å²) in [5.41, 5.74) is 0. The molecule has 6 nitrogen and oxygen atoms in total. The maximum atomic E-state index is 11.4. The van der Waals surface area contributed by atoms with Crippen LogP contribution in [0.4, 0.5) is 0 Å². The molecular formula is C23H44NO5Y-. The molecule has 30 heavy (non-hydrogen) atoms. The average Bonchev–Trinajstić information content (AvgIpc) is 2.68. The first-order valence-corrected chi connectivity index (χ1v) is 11.4. The summed E-state index contributed by atoms with van der Waals surface area (Å²) in [6.07, 6.45) is 11.4. The van der Waals surface area contributed by atoms with Crippen molar-refractivity contribution >= 4 is 11.7 Å². The van der Waals surface area contributed by atoms with E-state index in [4.69, 9.17) is 14.2 Å². The van der Waals surface area contributed by atoms with Gasteiger partial charge in [0.1, 0.15) is 5.78 Å². The van der Waals surface area contributed by atoms with Gasteiger partial charge in [-0.1, -0.05) is 58.8 Å². The van der Waals surface area contributed by atoms with Gasteiger partial charge in [0.25, 0.3) is 0 Å². The van der Waals surface area contributed by atoms with Crippen molar-refractivity contribution in [3.63, 3.8) is 0 Å². The van der Waals surface area contributed by atoms with Gasteiger partial charge in [0.2, 0.25) is 0 Å². The number of carbonyl (C=O) groups is 2. The average molecular weight is 504 g/mol. The van der Waals surface area contributed by atoms with E-state index >= 15 is 0 Å². The SMILES string of the molecule is [CH2-]C(=O)NCCCCCCCCCCCOCCOCCOCCC(=O)C(C)C.[Y]. The molecule has 0 rings (SSSR count). The van der Waals surface area contributed by atoms with Crippen molar-refractivity contribution in [2.24, 2.45) is 5.92 Å². The van der Waals surface area contributed by atoms with Gasteiger partial charge in [0.05, 0.1) is 38.9 Å². The Kier molecular flexibility index (Phi) is 27.1. The molecule has 0 atom stereocenters. The Morgan fingerprint density at radius 2 is 1.13 bits per heavy atom. The van der Waals surface area contributed by atoms with E-state index in [-0.39, 0.29) is 50.3 Å². The van der Waals surface area contributed by atoms with Gasteiger partial charge in [0, 0.05) is 58.2 Å². The first-order valence-electron chi connectivity index (χ1n) is 11.4. The molecule has 0 bridgehead atoms. The van der Waals surface area contributed by atoms with Gasteiger partial charge in [-0.3, -0.25) is 4.79 Å². The number of carbonyl (C=O) groups excluding carboxylic acids is 2. The molecule has 7 heteroatoms. The Hall–Kier alpha value is -0.00610. The van der Waals surface area contributed by atoms with Crippen molar-refractivity contribution in [1.82, 2.24) is 5.32 Å². The van der Waals surface area contributed by atoms with Crippen LogP contribution in [0.25, 0.3) is 0 Å². The normalized spacial score (nSPS) is 10.8. The first-order chi connectivity index (χ1) is 14.0. The minimum atomic E-state index is -0.182. The maximum Gasteiger partial charge on any atom is 0.137 e. The van der Waals surface area contributed by atoms with Crippen LogP contribution in [0.5, 0.6) is 0 Å². The van der Waals surface area contributed by atoms with Crippen LogP contribution < -0.4 is 5.32 Å². The predicted molar refractivity (Wildman–Crippen MR) is 117 cm³/mol. The molecule has 0 aliphatic carbocycles. The molecule has 0 spiro atoms. The fourth-order valence-electron chi connectivity index (χ4n) is 2.80. The van der Waals surface area contributed by atoms with Crippen LogP contribution >= 0.6 is 0 Å². The first kappa shape index (κ1) is 32.2. The second-order valence-corrected chi connectivity index (χ2v) is 7.74. The molecule has 0 aliphatic rings. The molecule has 0 heterocycles. The number of nitrogens with one attached hydrogen (secondary N) is 1.